The Morgan fingerprint density at radius 1 is 1.79 bits per heavy atom. The van der Waals surface area contributed by atoms with Crippen LogP contribution in [0.25, 0.3) is 0 Å². The van der Waals surface area contributed by atoms with Crippen LogP contribution in [0.15, 0.2) is 12.5 Å². The molecular weight excluding hydrogens is 182 g/mol. The first kappa shape index (κ1) is 10.7. The van der Waals surface area contributed by atoms with E-state index < -0.39 is 6.04 Å². The van der Waals surface area contributed by atoms with Crippen molar-refractivity contribution in [2.24, 2.45) is 0 Å². The van der Waals surface area contributed by atoms with Gasteiger partial charge < -0.3 is 14.6 Å². The zero-order valence-electron chi connectivity index (χ0n) is 8.65. The molecule has 1 rings (SSSR count). The van der Waals surface area contributed by atoms with Crippen LogP contribution in [-0.2, 0) is 16.1 Å². The van der Waals surface area contributed by atoms with E-state index in [1.54, 1.807) is 19.6 Å². The van der Waals surface area contributed by atoms with Crippen LogP contribution < -0.4 is 5.32 Å². The molecule has 78 valence electrons. The van der Waals surface area contributed by atoms with Crippen LogP contribution in [-0.4, -0.2) is 29.7 Å². The van der Waals surface area contributed by atoms with Crippen LogP contribution >= 0.6 is 0 Å². The van der Waals surface area contributed by atoms with Crippen molar-refractivity contribution in [3.8, 4) is 0 Å². The first-order chi connectivity index (χ1) is 6.74. The van der Waals surface area contributed by atoms with Gasteiger partial charge in [0.05, 0.1) is 25.3 Å². The van der Waals surface area contributed by atoms with E-state index in [1.165, 1.54) is 7.11 Å². The van der Waals surface area contributed by atoms with Crippen molar-refractivity contribution in [3.63, 3.8) is 0 Å². The summed E-state index contributed by atoms with van der Waals surface area (Å²) in [6.45, 7) is 2.78. The van der Waals surface area contributed by atoms with Gasteiger partial charge in [-0.2, -0.15) is 0 Å². The second kappa shape index (κ2) is 4.76. The molecule has 0 fully saturated rings. The van der Waals surface area contributed by atoms with Gasteiger partial charge in [-0.15, -0.1) is 0 Å². The Bertz CT molecular complexity index is 309. The molecule has 1 aromatic heterocycles. The molecule has 1 atom stereocenters. The van der Waals surface area contributed by atoms with E-state index >= 15 is 0 Å². The topological polar surface area (TPSA) is 56.2 Å². The monoisotopic (exact) mass is 197 g/mol. The molecule has 0 aliphatic rings. The number of methoxy groups -OCH3 is 1. The Hall–Kier alpha value is -1.36. The van der Waals surface area contributed by atoms with Crippen LogP contribution in [0.1, 0.15) is 18.7 Å². The minimum absolute atomic E-state index is 0.303. The summed E-state index contributed by atoms with van der Waals surface area (Å²) in [6.07, 6.45) is 3.37. The van der Waals surface area contributed by atoms with Crippen LogP contribution in [0, 0.1) is 0 Å². The second-order valence-electron chi connectivity index (χ2n) is 2.85. The number of likely N-dealkylation sites (N-methyl/N-ethyl adjacent to an activating group) is 1. The van der Waals surface area contributed by atoms with Crippen molar-refractivity contribution in [2.45, 2.75) is 19.5 Å². The molecule has 5 heteroatoms. The molecule has 1 heterocycles. The number of ether oxygens (including phenoxy) is 1. The summed E-state index contributed by atoms with van der Waals surface area (Å²) in [5.74, 6) is -0.303. The number of nitrogens with zero attached hydrogens (tertiary/aromatic N) is 2. The highest BCUT2D eigenvalue weighted by Crippen LogP contribution is 2.13. The first-order valence-electron chi connectivity index (χ1n) is 4.49. The van der Waals surface area contributed by atoms with Gasteiger partial charge >= 0.3 is 5.97 Å². The molecule has 0 aromatic carbocycles. The number of carbonyl (C=O) groups is 1. The SMILES string of the molecule is CCn1cncc1C(NC)C(=O)OC. The Labute approximate surface area is 83.1 Å². The fourth-order valence-corrected chi connectivity index (χ4v) is 1.34. The molecule has 1 unspecified atom stereocenters. The summed E-state index contributed by atoms with van der Waals surface area (Å²) in [6, 6.07) is -0.442. The first-order valence-corrected chi connectivity index (χ1v) is 4.49. The van der Waals surface area contributed by atoms with Gasteiger partial charge in [-0.05, 0) is 14.0 Å². The maximum Gasteiger partial charge on any atom is 0.329 e. The van der Waals surface area contributed by atoms with Crippen molar-refractivity contribution in [1.82, 2.24) is 14.9 Å². The summed E-state index contributed by atoms with van der Waals surface area (Å²) < 4.78 is 6.58. The smallest absolute Gasteiger partial charge is 0.329 e. The molecule has 0 amide bonds. The van der Waals surface area contributed by atoms with Crippen molar-refractivity contribution in [3.05, 3.63) is 18.2 Å². The number of hydrogen-bond acceptors (Lipinski definition) is 4. The normalized spacial score (nSPS) is 12.5. The minimum Gasteiger partial charge on any atom is -0.468 e. The van der Waals surface area contributed by atoms with Gasteiger partial charge in [0.15, 0.2) is 0 Å². The number of aromatic nitrogens is 2. The average Bonchev–Trinajstić information content (AvgIpc) is 2.66. The predicted octanol–water partition coefficient (Wildman–Crippen LogP) is 0.336. The second-order valence-corrected chi connectivity index (χ2v) is 2.85. The molecule has 0 radical (unpaired) electrons. The minimum atomic E-state index is -0.442. The van der Waals surface area contributed by atoms with E-state index in [2.05, 4.69) is 15.0 Å². The number of carbonyl (C=O) groups excluding carboxylic acids is 1. The fraction of sp³-hybridized carbons (Fsp3) is 0.556. The molecule has 0 bridgehead atoms. The maximum absolute atomic E-state index is 11.4. The number of aryl methyl sites for hydroxylation is 1. The highest BCUT2D eigenvalue weighted by molar-refractivity contribution is 5.76. The molecule has 0 saturated heterocycles. The summed E-state index contributed by atoms with van der Waals surface area (Å²) in [7, 11) is 3.09. The van der Waals surface area contributed by atoms with Gasteiger partial charge in [0, 0.05) is 6.54 Å². The molecule has 14 heavy (non-hydrogen) atoms. The largest absolute Gasteiger partial charge is 0.468 e. The van der Waals surface area contributed by atoms with Gasteiger partial charge in [-0.3, -0.25) is 0 Å². The van der Waals surface area contributed by atoms with E-state index in [0.29, 0.717) is 0 Å². The lowest BCUT2D eigenvalue weighted by atomic mass is 10.2. The standard InChI is InChI=1S/C9H15N3O2/c1-4-12-6-11-5-7(12)8(10-2)9(13)14-3/h5-6,8,10H,4H2,1-3H3. The van der Waals surface area contributed by atoms with E-state index in [9.17, 15) is 4.79 Å². The van der Waals surface area contributed by atoms with Gasteiger partial charge in [0.1, 0.15) is 6.04 Å². The van der Waals surface area contributed by atoms with Crippen LogP contribution in [0.5, 0.6) is 0 Å². The number of rotatable bonds is 4. The van der Waals surface area contributed by atoms with Crippen molar-refractivity contribution in [1.29, 1.82) is 0 Å². The highest BCUT2D eigenvalue weighted by atomic mass is 16.5. The van der Waals surface area contributed by atoms with Gasteiger partial charge in [-0.1, -0.05) is 0 Å². The van der Waals surface area contributed by atoms with Gasteiger partial charge in [-0.25, -0.2) is 9.78 Å². The van der Waals surface area contributed by atoms with Crippen molar-refractivity contribution < 1.29 is 9.53 Å². The molecule has 1 aromatic rings. The predicted molar refractivity (Wildman–Crippen MR) is 51.7 cm³/mol. The zero-order valence-corrected chi connectivity index (χ0v) is 8.65. The molecule has 0 spiro atoms. The summed E-state index contributed by atoms with van der Waals surface area (Å²) in [5, 5.41) is 2.89. The fourth-order valence-electron chi connectivity index (χ4n) is 1.34. The summed E-state index contributed by atoms with van der Waals surface area (Å²) in [5.41, 5.74) is 0.821. The van der Waals surface area contributed by atoms with Gasteiger partial charge in [0.25, 0.3) is 0 Å². The van der Waals surface area contributed by atoms with Crippen molar-refractivity contribution in [2.75, 3.05) is 14.2 Å². The highest BCUT2D eigenvalue weighted by Gasteiger charge is 2.22. The molecule has 0 aliphatic carbocycles. The number of imidazole rings is 1. The number of nitrogens with one attached hydrogen (secondary N) is 1. The van der Waals surface area contributed by atoms with E-state index in [4.69, 9.17) is 0 Å². The zero-order chi connectivity index (χ0) is 10.6. The lowest BCUT2D eigenvalue weighted by Crippen LogP contribution is -2.28. The number of esters is 1. The van der Waals surface area contributed by atoms with Gasteiger partial charge in [0.2, 0.25) is 0 Å². The lowest BCUT2D eigenvalue weighted by molar-refractivity contribution is -0.143. The van der Waals surface area contributed by atoms with Crippen LogP contribution in [0.3, 0.4) is 0 Å². The average molecular weight is 197 g/mol. The quantitative estimate of drug-likeness (QED) is 0.707. The third kappa shape index (κ3) is 1.93. The molecular formula is C9H15N3O2. The Morgan fingerprint density at radius 3 is 3.00 bits per heavy atom. The third-order valence-corrected chi connectivity index (χ3v) is 2.11. The summed E-state index contributed by atoms with van der Waals surface area (Å²) in [4.78, 5) is 15.4. The van der Waals surface area contributed by atoms with E-state index in [1.807, 2.05) is 11.5 Å². The number of hydrogen-bond donors (Lipinski definition) is 1. The van der Waals surface area contributed by atoms with Crippen LogP contribution in [0.4, 0.5) is 0 Å². The maximum atomic E-state index is 11.4. The Morgan fingerprint density at radius 2 is 2.50 bits per heavy atom. The Balaban J connectivity index is 2.94. The molecule has 5 nitrogen and oxygen atoms in total. The molecule has 0 saturated carbocycles. The molecule has 0 aliphatic heterocycles. The van der Waals surface area contributed by atoms with E-state index in [-0.39, 0.29) is 5.97 Å². The third-order valence-electron chi connectivity index (χ3n) is 2.11. The van der Waals surface area contributed by atoms with E-state index in [0.717, 1.165) is 12.2 Å². The van der Waals surface area contributed by atoms with Crippen LogP contribution in [0.2, 0.25) is 0 Å². The van der Waals surface area contributed by atoms with Crippen molar-refractivity contribution >= 4 is 5.97 Å². The molecule has 1 N–H and O–H groups in total. The summed E-state index contributed by atoms with van der Waals surface area (Å²) >= 11 is 0. The lowest BCUT2D eigenvalue weighted by Gasteiger charge is -2.14. The Kier molecular flexibility index (Phi) is 3.64.